The van der Waals surface area contributed by atoms with Crippen LogP contribution in [0.5, 0.6) is 11.5 Å². The average Bonchev–Trinajstić information content (AvgIpc) is 3.14. The van der Waals surface area contributed by atoms with Crippen molar-refractivity contribution in [3.63, 3.8) is 0 Å². The molecule has 0 N–H and O–H groups in total. The van der Waals surface area contributed by atoms with E-state index >= 15 is 0 Å². The van der Waals surface area contributed by atoms with Crippen molar-refractivity contribution < 1.29 is 23.8 Å². The molecule has 7 rings (SSSR count). The van der Waals surface area contributed by atoms with E-state index in [0.717, 1.165) is 43.8 Å². The quantitative estimate of drug-likeness (QED) is 0.216. The molecular weight excluding hydrogens is 668 g/mol. The zero-order valence-electron chi connectivity index (χ0n) is 29.5. The topological polar surface area (TPSA) is 164 Å². The summed E-state index contributed by atoms with van der Waals surface area (Å²) in [5, 5.41) is 0. The van der Waals surface area contributed by atoms with Crippen LogP contribution in [0, 0.1) is 0 Å². The number of ether oxygens (including phenoxy) is 3. The van der Waals surface area contributed by atoms with E-state index < -0.39 is 5.60 Å². The van der Waals surface area contributed by atoms with Gasteiger partial charge in [-0.3, -0.25) is 18.7 Å². The van der Waals surface area contributed by atoms with E-state index in [1.807, 2.05) is 56.0 Å². The summed E-state index contributed by atoms with van der Waals surface area (Å²) in [5.41, 5.74) is 2.27. The van der Waals surface area contributed by atoms with Gasteiger partial charge in [0.05, 0.1) is 18.9 Å². The number of fused-ring (bicyclic) bond motifs is 3. The molecule has 0 aliphatic carbocycles. The van der Waals surface area contributed by atoms with Gasteiger partial charge in [0.1, 0.15) is 36.1 Å². The van der Waals surface area contributed by atoms with E-state index in [0.29, 0.717) is 60.7 Å². The highest BCUT2D eigenvalue weighted by atomic mass is 16.6. The fourth-order valence-corrected chi connectivity index (χ4v) is 6.20. The SMILES string of the molecule is CC(C)(C)OC(=O)N(Cc1ccc2c(c1)OCCO2)C1CCN(CCn2c(=O)cnc3cccnc32)CC1.O=CCn1c(=O)cnc2cccnc21. The molecule has 0 spiro atoms. The van der Waals surface area contributed by atoms with Crippen LogP contribution in [0.25, 0.3) is 22.3 Å². The number of nitrogens with zero attached hydrogens (tertiary/aromatic N) is 8. The predicted molar refractivity (Wildman–Crippen MR) is 192 cm³/mol. The number of likely N-dealkylation sites (tertiary alicyclic amines) is 1. The van der Waals surface area contributed by atoms with Crippen LogP contribution in [-0.4, -0.2) is 95.7 Å². The van der Waals surface area contributed by atoms with Gasteiger partial charge in [0.15, 0.2) is 22.8 Å². The highest BCUT2D eigenvalue weighted by molar-refractivity contribution is 5.71. The Labute approximate surface area is 299 Å². The summed E-state index contributed by atoms with van der Waals surface area (Å²) in [6, 6.07) is 13.0. The fraction of sp³-hybridized carbons (Fsp3) is 0.405. The Bertz CT molecular complexity index is 2150. The number of carbonyl (C=O) groups excluding carboxylic acids is 2. The minimum absolute atomic E-state index is 0.00880. The summed E-state index contributed by atoms with van der Waals surface area (Å²) in [6.07, 6.45) is 7.76. The van der Waals surface area contributed by atoms with Crippen molar-refractivity contribution in [1.29, 1.82) is 0 Å². The van der Waals surface area contributed by atoms with Crippen molar-refractivity contribution >= 4 is 34.7 Å². The van der Waals surface area contributed by atoms with Crippen molar-refractivity contribution in [3.8, 4) is 11.5 Å². The van der Waals surface area contributed by atoms with Crippen LogP contribution in [0.3, 0.4) is 0 Å². The molecule has 2 aliphatic heterocycles. The number of hydrogen-bond donors (Lipinski definition) is 0. The number of amides is 1. The van der Waals surface area contributed by atoms with E-state index in [9.17, 15) is 19.2 Å². The smallest absolute Gasteiger partial charge is 0.410 e. The first-order valence-corrected chi connectivity index (χ1v) is 17.2. The van der Waals surface area contributed by atoms with Crippen molar-refractivity contribution in [2.45, 2.75) is 64.9 Å². The van der Waals surface area contributed by atoms with Crippen LogP contribution in [0.2, 0.25) is 0 Å². The summed E-state index contributed by atoms with van der Waals surface area (Å²) in [4.78, 5) is 68.1. The summed E-state index contributed by atoms with van der Waals surface area (Å²) < 4.78 is 20.2. The minimum Gasteiger partial charge on any atom is -0.486 e. The van der Waals surface area contributed by atoms with Gasteiger partial charge in [-0.2, -0.15) is 0 Å². The Kier molecular flexibility index (Phi) is 11.2. The largest absolute Gasteiger partial charge is 0.486 e. The van der Waals surface area contributed by atoms with Crippen LogP contribution >= 0.6 is 0 Å². The van der Waals surface area contributed by atoms with Gasteiger partial charge < -0.3 is 28.8 Å². The molecule has 0 unspecified atom stereocenters. The number of piperidine rings is 1. The van der Waals surface area contributed by atoms with Crippen LogP contribution in [-0.2, 0) is 29.2 Å². The summed E-state index contributed by atoms with van der Waals surface area (Å²) in [7, 11) is 0. The van der Waals surface area contributed by atoms with Crippen molar-refractivity contribution in [3.05, 3.63) is 93.5 Å². The number of aromatic nitrogens is 6. The molecule has 1 amide bonds. The van der Waals surface area contributed by atoms with Gasteiger partial charge in [-0.25, -0.2) is 24.7 Å². The molecule has 2 aliphatic rings. The van der Waals surface area contributed by atoms with Crippen LogP contribution in [0.15, 0.2) is 76.8 Å². The molecule has 4 aromatic heterocycles. The fourth-order valence-electron chi connectivity index (χ4n) is 6.20. The lowest BCUT2D eigenvalue weighted by molar-refractivity contribution is -0.108. The molecule has 15 nitrogen and oxygen atoms in total. The van der Waals surface area contributed by atoms with Gasteiger partial charge in [-0.05, 0) is 75.6 Å². The van der Waals surface area contributed by atoms with Crippen LogP contribution in [0.4, 0.5) is 4.79 Å². The Morgan fingerprint density at radius 2 is 1.48 bits per heavy atom. The molecule has 52 heavy (non-hydrogen) atoms. The third kappa shape index (κ3) is 8.77. The van der Waals surface area contributed by atoms with E-state index in [2.05, 4.69) is 24.8 Å². The first-order valence-electron chi connectivity index (χ1n) is 17.2. The third-order valence-electron chi connectivity index (χ3n) is 8.69. The third-order valence-corrected chi connectivity index (χ3v) is 8.69. The van der Waals surface area contributed by atoms with Gasteiger partial charge in [-0.15, -0.1) is 0 Å². The first kappa shape index (κ1) is 36.1. The lowest BCUT2D eigenvalue weighted by Gasteiger charge is -2.39. The van der Waals surface area contributed by atoms with Gasteiger partial charge >= 0.3 is 6.09 Å². The molecule has 6 heterocycles. The highest BCUT2D eigenvalue weighted by Crippen LogP contribution is 2.32. The number of aldehydes is 1. The first-order chi connectivity index (χ1) is 25.1. The van der Waals surface area contributed by atoms with E-state index in [1.165, 1.54) is 17.0 Å². The lowest BCUT2D eigenvalue weighted by Crippen LogP contribution is -2.49. The molecule has 1 aromatic carbocycles. The van der Waals surface area contributed by atoms with E-state index in [1.54, 1.807) is 29.1 Å². The minimum atomic E-state index is -0.586. The average molecular weight is 711 g/mol. The molecule has 272 valence electrons. The highest BCUT2D eigenvalue weighted by Gasteiger charge is 2.31. The van der Waals surface area contributed by atoms with Crippen molar-refractivity contribution in [2.75, 3.05) is 32.8 Å². The summed E-state index contributed by atoms with van der Waals surface area (Å²) >= 11 is 0. The predicted octanol–water partition coefficient (Wildman–Crippen LogP) is 3.45. The standard InChI is InChI=1S/C28H35N5O5.C9H7N3O2/c1-28(2,3)38-27(35)33(19-20-6-7-23-24(17-20)37-16-15-36-23)21-8-11-31(12-9-21)13-14-32-25(34)18-30-22-5-4-10-29-26(22)32;13-5-4-12-8(14)6-11-7-2-1-3-10-9(7)12/h4-7,10,17-18,21H,8-9,11-16,19H2,1-3H3;1-3,5-6H,4H2. The molecule has 1 fully saturated rings. The Balaban J connectivity index is 0.000000276. The maximum Gasteiger partial charge on any atom is 0.410 e. The maximum absolute atomic E-state index is 13.3. The summed E-state index contributed by atoms with van der Waals surface area (Å²) in [5.74, 6) is 1.44. The van der Waals surface area contributed by atoms with E-state index in [-0.39, 0.29) is 29.8 Å². The molecule has 0 radical (unpaired) electrons. The number of carbonyl (C=O) groups is 2. The Morgan fingerprint density at radius 1 is 0.865 bits per heavy atom. The number of rotatable bonds is 8. The maximum atomic E-state index is 13.3. The van der Waals surface area contributed by atoms with Gasteiger partial charge in [0.25, 0.3) is 11.1 Å². The zero-order chi connectivity index (χ0) is 36.7. The second kappa shape index (κ2) is 16.1. The molecule has 0 bridgehead atoms. The lowest BCUT2D eigenvalue weighted by atomic mass is 10.0. The molecule has 0 atom stereocenters. The second-order valence-corrected chi connectivity index (χ2v) is 13.5. The number of pyridine rings is 2. The number of hydrogen-bond acceptors (Lipinski definition) is 12. The van der Waals surface area contributed by atoms with Crippen molar-refractivity contribution in [2.24, 2.45) is 0 Å². The van der Waals surface area contributed by atoms with Gasteiger partial charge in [0, 0.05) is 51.2 Å². The molecular formula is C37H42N8O7. The van der Waals surface area contributed by atoms with Crippen LogP contribution < -0.4 is 20.6 Å². The molecule has 1 saturated heterocycles. The molecule has 15 heteroatoms. The normalized spacial score (nSPS) is 14.8. The van der Waals surface area contributed by atoms with Gasteiger partial charge in [-0.1, -0.05) is 6.07 Å². The Hall–Kier alpha value is -5.70. The number of benzene rings is 1. The zero-order valence-corrected chi connectivity index (χ0v) is 29.5. The van der Waals surface area contributed by atoms with Crippen molar-refractivity contribution in [1.82, 2.24) is 38.9 Å². The second-order valence-electron chi connectivity index (χ2n) is 13.5. The molecule has 5 aromatic rings. The van der Waals surface area contributed by atoms with E-state index in [4.69, 9.17) is 14.2 Å². The van der Waals surface area contributed by atoms with Crippen LogP contribution in [0.1, 0.15) is 39.2 Å². The Morgan fingerprint density at radius 3 is 2.12 bits per heavy atom. The van der Waals surface area contributed by atoms with Gasteiger partial charge in [0.2, 0.25) is 0 Å². The monoisotopic (exact) mass is 710 g/mol. The molecule has 0 saturated carbocycles. The summed E-state index contributed by atoms with van der Waals surface area (Å²) in [6.45, 7) is 10.0.